The van der Waals surface area contributed by atoms with Crippen LogP contribution < -0.4 is 5.32 Å². The van der Waals surface area contributed by atoms with E-state index in [1.807, 2.05) is 12.3 Å². The van der Waals surface area contributed by atoms with E-state index in [1.54, 1.807) is 10.8 Å². The van der Waals surface area contributed by atoms with Crippen molar-refractivity contribution in [2.24, 2.45) is 0 Å². The third-order valence-corrected chi connectivity index (χ3v) is 4.72. The SMILES string of the molecule is CC[C@@H](NC(=O)c1cc(C(=O)O)c2n1CCOC2)c1nccs1. The number of hydrogen-bond acceptors (Lipinski definition) is 5. The molecule has 0 spiro atoms. The summed E-state index contributed by atoms with van der Waals surface area (Å²) in [6.07, 6.45) is 2.41. The molecule has 0 saturated heterocycles. The number of aromatic nitrogens is 2. The molecule has 7 nitrogen and oxygen atoms in total. The van der Waals surface area contributed by atoms with Gasteiger partial charge in [0.25, 0.3) is 5.91 Å². The molecule has 0 aliphatic carbocycles. The van der Waals surface area contributed by atoms with Gasteiger partial charge in [0.1, 0.15) is 10.7 Å². The predicted molar refractivity (Wildman–Crippen MR) is 83.7 cm³/mol. The molecule has 0 fully saturated rings. The van der Waals surface area contributed by atoms with Gasteiger partial charge in [-0.25, -0.2) is 9.78 Å². The third kappa shape index (κ3) is 2.99. The Morgan fingerprint density at radius 3 is 3.04 bits per heavy atom. The number of carbonyl (C=O) groups excluding carboxylic acids is 1. The smallest absolute Gasteiger partial charge is 0.337 e. The number of carbonyl (C=O) groups is 2. The second kappa shape index (κ2) is 6.51. The molecule has 2 N–H and O–H groups in total. The highest BCUT2D eigenvalue weighted by molar-refractivity contribution is 7.09. The van der Waals surface area contributed by atoms with Crippen LogP contribution in [0.5, 0.6) is 0 Å². The molecule has 1 atom stereocenters. The van der Waals surface area contributed by atoms with Crippen molar-refractivity contribution >= 4 is 23.2 Å². The second-order valence-corrected chi connectivity index (χ2v) is 6.13. The van der Waals surface area contributed by atoms with Crippen molar-refractivity contribution in [1.29, 1.82) is 0 Å². The van der Waals surface area contributed by atoms with Crippen LogP contribution in [-0.2, 0) is 17.9 Å². The normalized spacial score (nSPS) is 15.0. The van der Waals surface area contributed by atoms with E-state index in [4.69, 9.17) is 4.74 Å². The lowest BCUT2D eigenvalue weighted by molar-refractivity contribution is 0.0656. The Bertz CT molecular complexity index is 723. The molecule has 0 bridgehead atoms. The van der Waals surface area contributed by atoms with Crippen molar-refractivity contribution < 1.29 is 19.4 Å². The Morgan fingerprint density at radius 1 is 1.57 bits per heavy atom. The van der Waals surface area contributed by atoms with Gasteiger partial charge in [-0.1, -0.05) is 6.92 Å². The number of nitrogens with one attached hydrogen (secondary N) is 1. The summed E-state index contributed by atoms with van der Waals surface area (Å²) >= 11 is 1.48. The predicted octanol–water partition coefficient (Wildman–Crippen LogP) is 2.05. The third-order valence-electron chi connectivity index (χ3n) is 3.83. The fourth-order valence-electron chi connectivity index (χ4n) is 2.67. The van der Waals surface area contributed by atoms with Crippen LogP contribution in [0.4, 0.5) is 0 Å². The first-order valence-electron chi connectivity index (χ1n) is 7.35. The summed E-state index contributed by atoms with van der Waals surface area (Å²) in [6, 6.07) is 1.25. The van der Waals surface area contributed by atoms with Gasteiger partial charge in [0.15, 0.2) is 0 Å². The number of hydrogen-bond donors (Lipinski definition) is 2. The van der Waals surface area contributed by atoms with Crippen LogP contribution in [0.1, 0.15) is 50.9 Å². The highest BCUT2D eigenvalue weighted by Gasteiger charge is 2.27. The zero-order valence-corrected chi connectivity index (χ0v) is 13.4. The van der Waals surface area contributed by atoms with Crippen molar-refractivity contribution in [3.63, 3.8) is 0 Å². The molecule has 2 aromatic heterocycles. The van der Waals surface area contributed by atoms with Gasteiger partial charge in [-0.05, 0) is 12.5 Å². The highest BCUT2D eigenvalue weighted by atomic mass is 32.1. The maximum absolute atomic E-state index is 12.6. The molecule has 0 saturated carbocycles. The number of amides is 1. The number of thiazole rings is 1. The molecule has 3 heterocycles. The molecular formula is C15H17N3O4S. The van der Waals surface area contributed by atoms with E-state index in [0.29, 0.717) is 31.0 Å². The van der Waals surface area contributed by atoms with Crippen molar-refractivity contribution in [2.45, 2.75) is 32.5 Å². The van der Waals surface area contributed by atoms with Gasteiger partial charge in [-0.2, -0.15) is 0 Å². The van der Waals surface area contributed by atoms with Gasteiger partial charge in [-0.3, -0.25) is 4.79 Å². The standard InChI is InChI=1S/C15H17N3O4S/c1-2-10(14-16-3-6-23-14)17-13(19)11-7-9(15(20)21)12-8-22-5-4-18(11)12/h3,6-7,10H,2,4-5,8H2,1H3,(H,17,19)(H,20,21)/t10-/m1/s1. The Balaban J connectivity index is 1.89. The Labute approximate surface area is 136 Å². The molecule has 1 amide bonds. The first-order valence-corrected chi connectivity index (χ1v) is 8.23. The quantitative estimate of drug-likeness (QED) is 0.872. The van der Waals surface area contributed by atoms with Crippen LogP contribution in [0.3, 0.4) is 0 Å². The van der Waals surface area contributed by atoms with Crippen LogP contribution in [0.2, 0.25) is 0 Å². The fourth-order valence-corrected chi connectivity index (χ4v) is 3.45. The molecule has 0 unspecified atom stereocenters. The van der Waals surface area contributed by atoms with Gasteiger partial charge < -0.3 is 19.7 Å². The number of carboxylic acid groups (broad SMARTS) is 1. The van der Waals surface area contributed by atoms with Crippen molar-refractivity contribution in [2.75, 3.05) is 6.61 Å². The molecule has 3 rings (SSSR count). The average Bonchev–Trinajstić information content (AvgIpc) is 3.20. The highest BCUT2D eigenvalue weighted by Crippen LogP contribution is 2.23. The summed E-state index contributed by atoms with van der Waals surface area (Å²) in [7, 11) is 0. The Morgan fingerprint density at radius 2 is 2.39 bits per heavy atom. The molecular weight excluding hydrogens is 318 g/mol. The first kappa shape index (κ1) is 15.7. The molecule has 1 aliphatic rings. The maximum Gasteiger partial charge on any atom is 0.337 e. The van der Waals surface area contributed by atoms with Crippen LogP contribution in [0.15, 0.2) is 17.6 Å². The minimum atomic E-state index is -1.05. The summed E-state index contributed by atoms with van der Waals surface area (Å²) in [5, 5.41) is 15.0. The Hall–Kier alpha value is -2.19. The number of carboxylic acids is 1. The zero-order chi connectivity index (χ0) is 16.4. The van der Waals surface area contributed by atoms with E-state index < -0.39 is 5.97 Å². The van der Waals surface area contributed by atoms with Gasteiger partial charge in [0.05, 0.1) is 30.5 Å². The van der Waals surface area contributed by atoms with Gasteiger partial charge in [-0.15, -0.1) is 11.3 Å². The van der Waals surface area contributed by atoms with Crippen LogP contribution in [0, 0.1) is 0 Å². The van der Waals surface area contributed by atoms with Gasteiger partial charge in [0, 0.05) is 18.1 Å². The van der Waals surface area contributed by atoms with Crippen LogP contribution in [-0.4, -0.2) is 33.1 Å². The fraction of sp³-hybridized carbons (Fsp3) is 0.400. The molecule has 0 aromatic carbocycles. The second-order valence-electron chi connectivity index (χ2n) is 5.20. The largest absolute Gasteiger partial charge is 0.478 e. The summed E-state index contributed by atoms with van der Waals surface area (Å²) in [5.41, 5.74) is 1.02. The molecule has 0 radical (unpaired) electrons. The average molecular weight is 335 g/mol. The van der Waals surface area contributed by atoms with Gasteiger partial charge >= 0.3 is 5.97 Å². The number of rotatable bonds is 5. The van der Waals surface area contributed by atoms with E-state index in [2.05, 4.69) is 10.3 Å². The summed E-state index contributed by atoms with van der Waals surface area (Å²) < 4.78 is 7.05. The molecule has 122 valence electrons. The summed E-state index contributed by atoms with van der Waals surface area (Å²) in [6.45, 7) is 3.11. The Kier molecular flexibility index (Phi) is 4.44. The number of fused-ring (bicyclic) bond motifs is 1. The lowest BCUT2D eigenvalue weighted by atomic mass is 10.2. The molecule has 1 aliphatic heterocycles. The minimum absolute atomic E-state index is 0.122. The van der Waals surface area contributed by atoms with E-state index in [9.17, 15) is 14.7 Å². The summed E-state index contributed by atoms with van der Waals surface area (Å²) in [4.78, 5) is 28.2. The van der Waals surface area contributed by atoms with Gasteiger partial charge in [0.2, 0.25) is 0 Å². The van der Waals surface area contributed by atoms with Crippen molar-refractivity contribution in [1.82, 2.24) is 14.9 Å². The lowest BCUT2D eigenvalue weighted by Gasteiger charge is -2.20. The van der Waals surface area contributed by atoms with E-state index in [0.717, 1.165) is 5.01 Å². The van der Waals surface area contributed by atoms with Crippen LogP contribution >= 0.6 is 11.3 Å². The van der Waals surface area contributed by atoms with E-state index in [-0.39, 0.29) is 24.1 Å². The maximum atomic E-state index is 12.6. The summed E-state index contributed by atoms with van der Waals surface area (Å²) in [5.74, 6) is -1.34. The molecule has 8 heteroatoms. The van der Waals surface area contributed by atoms with E-state index in [1.165, 1.54) is 17.4 Å². The topological polar surface area (TPSA) is 93.5 Å². The minimum Gasteiger partial charge on any atom is -0.478 e. The lowest BCUT2D eigenvalue weighted by Crippen LogP contribution is -2.31. The van der Waals surface area contributed by atoms with Crippen molar-refractivity contribution in [3.8, 4) is 0 Å². The zero-order valence-electron chi connectivity index (χ0n) is 12.6. The van der Waals surface area contributed by atoms with Crippen molar-refractivity contribution in [3.05, 3.63) is 39.6 Å². The van der Waals surface area contributed by atoms with E-state index >= 15 is 0 Å². The van der Waals surface area contributed by atoms with Crippen LogP contribution in [0.25, 0.3) is 0 Å². The number of ether oxygens (including phenoxy) is 1. The monoisotopic (exact) mass is 335 g/mol. The molecule has 2 aromatic rings. The number of nitrogens with zero attached hydrogens (tertiary/aromatic N) is 2. The first-order chi connectivity index (χ1) is 11.1. The molecule has 23 heavy (non-hydrogen) atoms. The number of aromatic carboxylic acids is 1.